The van der Waals surface area contributed by atoms with Crippen molar-refractivity contribution in [3.8, 4) is 0 Å². The normalized spacial score (nSPS) is 14.6. The molecule has 1 aliphatic heterocycles. The zero-order chi connectivity index (χ0) is 13.9. The molecule has 0 aromatic heterocycles. The lowest BCUT2D eigenvalue weighted by Crippen LogP contribution is -2.27. The van der Waals surface area contributed by atoms with Crippen LogP contribution in [0.15, 0.2) is 18.2 Å². The molecule has 1 aromatic rings. The first-order valence-electron chi connectivity index (χ1n) is 5.90. The number of sulfonamides is 1. The van der Waals surface area contributed by atoms with Crippen LogP contribution in [-0.2, 0) is 32.5 Å². The molecule has 0 radical (unpaired) electrons. The van der Waals surface area contributed by atoms with E-state index in [4.69, 9.17) is 0 Å². The molecule has 2 N–H and O–H groups in total. The van der Waals surface area contributed by atoms with Gasteiger partial charge in [-0.3, -0.25) is 9.52 Å². The second kappa shape index (κ2) is 5.58. The second-order valence-electron chi connectivity index (χ2n) is 4.31. The van der Waals surface area contributed by atoms with Crippen LogP contribution in [0.25, 0.3) is 0 Å². The Bertz CT molecular complexity index is 583. The summed E-state index contributed by atoms with van der Waals surface area (Å²) in [5.41, 5.74) is 2.60. The van der Waals surface area contributed by atoms with Crippen molar-refractivity contribution in [3.05, 3.63) is 29.3 Å². The summed E-state index contributed by atoms with van der Waals surface area (Å²) in [6, 6.07) is 5.46. The number of fused-ring (bicyclic) bond motifs is 1. The number of rotatable bonds is 4. The molecule has 0 amide bonds. The van der Waals surface area contributed by atoms with E-state index >= 15 is 0 Å². The van der Waals surface area contributed by atoms with Crippen LogP contribution in [0.3, 0.4) is 0 Å². The van der Waals surface area contributed by atoms with Gasteiger partial charge >= 0.3 is 5.97 Å². The molecule has 0 saturated carbocycles. The Balaban J connectivity index is 2.22. The van der Waals surface area contributed by atoms with Gasteiger partial charge in [-0.1, -0.05) is 12.1 Å². The zero-order valence-electron chi connectivity index (χ0n) is 10.6. The number of methoxy groups -OCH3 is 1. The van der Waals surface area contributed by atoms with E-state index in [9.17, 15) is 13.2 Å². The molecule has 7 heteroatoms. The Morgan fingerprint density at radius 2 is 2.26 bits per heavy atom. The van der Waals surface area contributed by atoms with Gasteiger partial charge < -0.3 is 10.1 Å². The number of ether oxygens (including phenoxy) is 1. The fraction of sp³-hybridized carbons (Fsp3) is 0.417. The van der Waals surface area contributed by atoms with E-state index in [0.29, 0.717) is 5.69 Å². The monoisotopic (exact) mass is 284 g/mol. The molecular formula is C12H16N2O4S. The van der Waals surface area contributed by atoms with Crippen LogP contribution >= 0.6 is 0 Å². The van der Waals surface area contributed by atoms with E-state index in [0.717, 1.165) is 37.7 Å². The minimum Gasteiger partial charge on any atom is -0.468 e. The maximum atomic E-state index is 11.8. The number of hydrogen-bond acceptors (Lipinski definition) is 5. The average Bonchev–Trinajstić information content (AvgIpc) is 2.38. The molecule has 0 fully saturated rings. The summed E-state index contributed by atoms with van der Waals surface area (Å²) < 4.78 is 30.5. The van der Waals surface area contributed by atoms with Crippen LogP contribution in [0.2, 0.25) is 0 Å². The molecule has 0 aliphatic carbocycles. The highest BCUT2D eigenvalue weighted by molar-refractivity contribution is 7.93. The highest BCUT2D eigenvalue weighted by Gasteiger charge is 2.20. The van der Waals surface area contributed by atoms with Gasteiger partial charge in [0.2, 0.25) is 10.0 Å². The molecule has 6 nitrogen and oxygen atoms in total. The Kier molecular flexibility index (Phi) is 4.06. The Hall–Kier alpha value is -1.60. The van der Waals surface area contributed by atoms with E-state index < -0.39 is 21.7 Å². The van der Waals surface area contributed by atoms with Crippen LogP contribution in [0, 0.1) is 0 Å². The van der Waals surface area contributed by atoms with Gasteiger partial charge in [-0.15, -0.1) is 0 Å². The molecule has 19 heavy (non-hydrogen) atoms. The lowest BCUT2D eigenvalue weighted by molar-refractivity contribution is -0.137. The smallest absolute Gasteiger partial charge is 0.322 e. The van der Waals surface area contributed by atoms with Gasteiger partial charge in [0, 0.05) is 6.54 Å². The Morgan fingerprint density at radius 3 is 3.00 bits per heavy atom. The largest absolute Gasteiger partial charge is 0.468 e. The van der Waals surface area contributed by atoms with Crippen molar-refractivity contribution in [2.45, 2.75) is 13.0 Å². The number of benzene rings is 1. The number of carbonyl (C=O) groups excluding carboxylic acids is 1. The summed E-state index contributed by atoms with van der Waals surface area (Å²) in [6.07, 6.45) is 0.756. The number of anilines is 1. The van der Waals surface area contributed by atoms with Crippen LogP contribution in [0.5, 0.6) is 0 Å². The maximum Gasteiger partial charge on any atom is 0.322 e. The maximum absolute atomic E-state index is 11.8. The fourth-order valence-corrected chi connectivity index (χ4v) is 3.07. The predicted molar refractivity (Wildman–Crippen MR) is 71.3 cm³/mol. The quantitative estimate of drug-likeness (QED) is 0.774. The predicted octanol–water partition coefficient (Wildman–Crippen LogP) is 0.247. The number of carbonyl (C=O) groups is 1. The molecule has 0 spiro atoms. The number of hydrogen-bond donors (Lipinski definition) is 2. The summed E-state index contributed by atoms with van der Waals surface area (Å²) in [5, 5.41) is 3.22. The van der Waals surface area contributed by atoms with Gasteiger partial charge in [0.15, 0.2) is 5.75 Å². The minimum absolute atomic E-state index is 0.544. The second-order valence-corrected chi connectivity index (χ2v) is 6.03. The molecule has 104 valence electrons. The van der Waals surface area contributed by atoms with Gasteiger partial charge in [-0.2, -0.15) is 0 Å². The molecule has 0 unspecified atom stereocenters. The van der Waals surface area contributed by atoms with Gasteiger partial charge in [-0.25, -0.2) is 8.42 Å². The summed E-state index contributed by atoms with van der Waals surface area (Å²) in [4.78, 5) is 11.1. The summed E-state index contributed by atoms with van der Waals surface area (Å²) in [7, 11) is -2.56. The van der Waals surface area contributed by atoms with E-state index in [1.807, 2.05) is 6.07 Å². The molecule has 0 atom stereocenters. The van der Waals surface area contributed by atoms with Crippen molar-refractivity contribution in [2.75, 3.05) is 24.1 Å². The third kappa shape index (κ3) is 3.45. The molecule has 0 saturated heterocycles. The van der Waals surface area contributed by atoms with E-state index in [1.54, 1.807) is 12.1 Å². The number of esters is 1. The first-order valence-corrected chi connectivity index (χ1v) is 7.56. The number of nitrogens with one attached hydrogen (secondary N) is 2. The van der Waals surface area contributed by atoms with E-state index in [1.165, 1.54) is 0 Å². The zero-order valence-corrected chi connectivity index (χ0v) is 11.4. The van der Waals surface area contributed by atoms with Crippen molar-refractivity contribution in [1.82, 2.24) is 5.32 Å². The Labute approximate surface area is 112 Å². The molecular weight excluding hydrogens is 268 g/mol. The lowest BCUT2D eigenvalue weighted by Gasteiger charge is -2.20. The minimum atomic E-state index is -3.72. The van der Waals surface area contributed by atoms with Crippen LogP contribution < -0.4 is 10.0 Å². The topological polar surface area (TPSA) is 84.5 Å². The molecule has 0 bridgehead atoms. The molecule has 1 aliphatic rings. The highest BCUT2D eigenvalue weighted by atomic mass is 32.2. The fourth-order valence-electron chi connectivity index (χ4n) is 2.05. The Morgan fingerprint density at radius 1 is 1.47 bits per heavy atom. The summed E-state index contributed by atoms with van der Waals surface area (Å²) in [6.45, 7) is 1.53. The molecule has 1 aromatic carbocycles. The average molecular weight is 284 g/mol. The SMILES string of the molecule is COC(=O)CS(=O)(=O)Nc1cccc2c1CCNC2. The standard InChI is InChI=1S/C12H16N2O4S/c1-18-12(15)8-19(16,17)14-11-4-2-3-9-7-13-6-5-10(9)11/h2-4,13-14H,5-8H2,1H3. The van der Waals surface area contributed by atoms with Gasteiger partial charge in [0.05, 0.1) is 12.8 Å². The first-order chi connectivity index (χ1) is 9.02. The van der Waals surface area contributed by atoms with Crippen LogP contribution in [0.1, 0.15) is 11.1 Å². The van der Waals surface area contributed by atoms with Crippen molar-refractivity contribution in [2.24, 2.45) is 0 Å². The summed E-state index contributed by atoms with van der Waals surface area (Å²) >= 11 is 0. The van der Waals surface area contributed by atoms with E-state index in [-0.39, 0.29) is 0 Å². The highest BCUT2D eigenvalue weighted by Crippen LogP contribution is 2.24. The van der Waals surface area contributed by atoms with Crippen molar-refractivity contribution in [1.29, 1.82) is 0 Å². The summed E-state index contributed by atoms with van der Waals surface area (Å²) in [5.74, 6) is -1.45. The van der Waals surface area contributed by atoms with Crippen LogP contribution in [0.4, 0.5) is 5.69 Å². The van der Waals surface area contributed by atoms with Gasteiger partial charge in [-0.05, 0) is 30.2 Å². The van der Waals surface area contributed by atoms with E-state index in [2.05, 4.69) is 14.8 Å². The third-order valence-corrected chi connectivity index (χ3v) is 4.09. The van der Waals surface area contributed by atoms with Gasteiger partial charge in [0.1, 0.15) is 0 Å². The van der Waals surface area contributed by atoms with Crippen molar-refractivity contribution in [3.63, 3.8) is 0 Å². The van der Waals surface area contributed by atoms with Gasteiger partial charge in [0.25, 0.3) is 0 Å². The third-order valence-electron chi connectivity index (χ3n) is 2.94. The van der Waals surface area contributed by atoms with Crippen LogP contribution in [-0.4, -0.2) is 33.8 Å². The van der Waals surface area contributed by atoms with Crippen molar-refractivity contribution >= 4 is 21.7 Å². The van der Waals surface area contributed by atoms with Crippen molar-refractivity contribution < 1.29 is 17.9 Å². The lowest BCUT2D eigenvalue weighted by atomic mass is 9.99. The first kappa shape index (κ1) is 13.8. The molecule has 2 rings (SSSR count). The molecule has 1 heterocycles.